The summed E-state index contributed by atoms with van der Waals surface area (Å²) in [6.07, 6.45) is 3.36. The normalized spacial score (nSPS) is 11.4. The van der Waals surface area contributed by atoms with Gasteiger partial charge in [0.2, 0.25) is 0 Å². The molecular weight excluding hydrogens is 440 g/mol. The number of ether oxygens (including phenoxy) is 4. The van der Waals surface area contributed by atoms with Crippen LogP contribution in [-0.2, 0) is 14.2 Å². The Bertz CT molecular complexity index is 920. The summed E-state index contributed by atoms with van der Waals surface area (Å²) in [4.78, 5) is 21.8. The Balaban J connectivity index is 1.53. The zero-order valence-electron chi connectivity index (χ0n) is 19.8. The summed E-state index contributed by atoms with van der Waals surface area (Å²) in [6, 6.07) is 14.0. The minimum atomic E-state index is -0.517. The fraction of sp³-hybridized carbons (Fsp3) is 0.400. The summed E-state index contributed by atoms with van der Waals surface area (Å²) in [5, 5.41) is 13.3. The third-order valence-electron chi connectivity index (χ3n) is 4.24. The van der Waals surface area contributed by atoms with Crippen molar-refractivity contribution in [2.75, 3.05) is 39.6 Å². The van der Waals surface area contributed by atoms with Gasteiger partial charge in [-0.05, 0) is 56.2 Å². The summed E-state index contributed by atoms with van der Waals surface area (Å²) in [6.45, 7) is 7.88. The van der Waals surface area contributed by atoms with Crippen LogP contribution in [0.3, 0.4) is 0 Å². The smallest absolute Gasteiger partial charge is 0.407 e. The first-order chi connectivity index (χ1) is 16.2. The number of amides is 1. The second-order valence-electron chi connectivity index (χ2n) is 8.25. The number of nitro groups is 1. The molecule has 0 unspecified atom stereocenters. The predicted molar refractivity (Wildman–Crippen MR) is 130 cm³/mol. The van der Waals surface area contributed by atoms with Crippen LogP contribution in [0.1, 0.15) is 31.9 Å². The molecule has 0 aliphatic carbocycles. The fourth-order valence-electron chi connectivity index (χ4n) is 2.65. The number of benzene rings is 2. The Kier molecular flexibility index (Phi) is 11.0. The van der Waals surface area contributed by atoms with Gasteiger partial charge in [-0.1, -0.05) is 24.3 Å². The lowest BCUT2D eigenvalue weighted by Crippen LogP contribution is -2.34. The average molecular weight is 473 g/mol. The molecule has 9 nitrogen and oxygen atoms in total. The molecule has 1 amide bonds. The fourth-order valence-corrected chi connectivity index (χ4v) is 2.65. The first kappa shape index (κ1) is 26.8. The van der Waals surface area contributed by atoms with Crippen LogP contribution in [0.4, 0.5) is 10.5 Å². The van der Waals surface area contributed by atoms with Gasteiger partial charge in [-0.2, -0.15) is 0 Å². The highest BCUT2D eigenvalue weighted by Gasteiger charge is 2.15. The van der Waals surface area contributed by atoms with Gasteiger partial charge in [0.15, 0.2) is 0 Å². The largest absolute Gasteiger partial charge is 0.491 e. The van der Waals surface area contributed by atoms with Crippen LogP contribution < -0.4 is 10.1 Å². The summed E-state index contributed by atoms with van der Waals surface area (Å²) >= 11 is 0. The molecular formula is C25H32N2O7. The maximum Gasteiger partial charge on any atom is 0.407 e. The zero-order valence-corrected chi connectivity index (χ0v) is 19.8. The van der Waals surface area contributed by atoms with E-state index in [1.165, 1.54) is 12.1 Å². The number of hydrogen-bond acceptors (Lipinski definition) is 7. The lowest BCUT2D eigenvalue weighted by Gasteiger charge is -2.19. The molecule has 9 heteroatoms. The summed E-state index contributed by atoms with van der Waals surface area (Å²) in [7, 11) is 0. The molecule has 2 rings (SSSR count). The molecule has 0 fully saturated rings. The number of alkyl carbamates (subject to hydrolysis) is 1. The van der Waals surface area contributed by atoms with Crippen molar-refractivity contribution < 1.29 is 28.7 Å². The molecule has 0 aromatic heterocycles. The number of non-ortho nitro benzene ring substituents is 1. The second kappa shape index (κ2) is 14.0. The van der Waals surface area contributed by atoms with Crippen molar-refractivity contribution in [2.24, 2.45) is 0 Å². The van der Waals surface area contributed by atoms with Gasteiger partial charge < -0.3 is 24.3 Å². The van der Waals surface area contributed by atoms with Crippen LogP contribution in [0.5, 0.6) is 5.75 Å². The quantitative estimate of drug-likeness (QED) is 0.195. The molecule has 34 heavy (non-hydrogen) atoms. The van der Waals surface area contributed by atoms with Crippen LogP contribution in [0.25, 0.3) is 12.2 Å². The topological polar surface area (TPSA) is 109 Å². The van der Waals surface area contributed by atoms with E-state index in [0.29, 0.717) is 39.6 Å². The van der Waals surface area contributed by atoms with Gasteiger partial charge >= 0.3 is 6.09 Å². The highest BCUT2D eigenvalue weighted by molar-refractivity contribution is 5.70. The monoisotopic (exact) mass is 472 g/mol. The summed E-state index contributed by atoms with van der Waals surface area (Å²) < 4.78 is 21.6. The van der Waals surface area contributed by atoms with Gasteiger partial charge in [0, 0.05) is 18.7 Å². The van der Waals surface area contributed by atoms with Crippen LogP contribution in [-0.4, -0.2) is 56.2 Å². The Morgan fingerprint density at radius 2 is 1.41 bits per heavy atom. The van der Waals surface area contributed by atoms with Crippen molar-refractivity contribution in [3.8, 4) is 5.75 Å². The lowest BCUT2D eigenvalue weighted by atomic mass is 10.1. The molecule has 0 spiro atoms. The average Bonchev–Trinajstić information content (AvgIpc) is 2.78. The molecule has 0 atom stereocenters. The highest BCUT2D eigenvalue weighted by atomic mass is 16.6. The molecule has 0 radical (unpaired) electrons. The summed E-state index contributed by atoms with van der Waals surface area (Å²) in [5.74, 6) is 0.737. The molecule has 2 aromatic rings. The van der Waals surface area contributed by atoms with Gasteiger partial charge in [0.05, 0.1) is 31.4 Å². The van der Waals surface area contributed by atoms with Crippen molar-refractivity contribution in [1.82, 2.24) is 5.32 Å². The Labute approximate surface area is 199 Å². The molecule has 0 aliphatic heterocycles. The number of carbonyl (C=O) groups excluding carboxylic acids is 1. The summed E-state index contributed by atoms with van der Waals surface area (Å²) in [5.41, 5.74) is 1.42. The van der Waals surface area contributed by atoms with E-state index in [4.69, 9.17) is 18.9 Å². The van der Waals surface area contributed by atoms with Crippen LogP contribution in [0, 0.1) is 10.1 Å². The van der Waals surface area contributed by atoms with Crippen LogP contribution in [0.15, 0.2) is 48.5 Å². The van der Waals surface area contributed by atoms with E-state index in [1.54, 1.807) is 12.1 Å². The second-order valence-corrected chi connectivity index (χ2v) is 8.25. The third-order valence-corrected chi connectivity index (χ3v) is 4.24. The van der Waals surface area contributed by atoms with Crippen molar-refractivity contribution in [2.45, 2.75) is 26.4 Å². The molecule has 184 valence electrons. The van der Waals surface area contributed by atoms with Gasteiger partial charge in [-0.15, -0.1) is 0 Å². The van der Waals surface area contributed by atoms with E-state index in [0.717, 1.165) is 16.9 Å². The molecule has 0 saturated carbocycles. The third kappa shape index (κ3) is 11.4. The molecule has 0 bridgehead atoms. The minimum absolute atomic E-state index is 0.0720. The molecule has 2 aromatic carbocycles. The maximum atomic E-state index is 11.5. The number of nitrogens with one attached hydrogen (secondary N) is 1. The van der Waals surface area contributed by atoms with Crippen LogP contribution in [0.2, 0.25) is 0 Å². The van der Waals surface area contributed by atoms with E-state index in [2.05, 4.69) is 5.32 Å². The lowest BCUT2D eigenvalue weighted by molar-refractivity contribution is -0.384. The first-order valence-corrected chi connectivity index (χ1v) is 11.0. The minimum Gasteiger partial charge on any atom is -0.491 e. The van der Waals surface area contributed by atoms with Crippen LogP contribution >= 0.6 is 0 Å². The van der Waals surface area contributed by atoms with Gasteiger partial charge in [-0.25, -0.2) is 4.79 Å². The number of rotatable bonds is 13. The van der Waals surface area contributed by atoms with Crippen molar-refractivity contribution in [3.05, 3.63) is 69.8 Å². The van der Waals surface area contributed by atoms with Gasteiger partial charge in [0.25, 0.3) is 5.69 Å². The highest BCUT2D eigenvalue weighted by Crippen LogP contribution is 2.16. The number of nitrogens with zero attached hydrogens (tertiary/aromatic N) is 1. The van der Waals surface area contributed by atoms with E-state index >= 15 is 0 Å². The number of carbonyl (C=O) groups is 1. The van der Waals surface area contributed by atoms with E-state index in [9.17, 15) is 14.9 Å². The van der Waals surface area contributed by atoms with Gasteiger partial charge in [0.1, 0.15) is 18.0 Å². The van der Waals surface area contributed by atoms with E-state index in [-0.39, 0.29) is 5.69 Å². The van der Waals surface area contributed by atoms with E-state index in [1.807, 2.05) is 57.2 Å². The van der Waals surface area contributed by atoms with E-state index < -0.39 is 16.6 Å². The SMILES string of the molecule is CC(C)(C)OC(=O)NCCOCCOCCOc1ccc(/C=C/c2ccc([N+](=O)[O-])cc2)cc1. The predicted octanol–water partition coefficient (Wildman–Crippen LogP) is 4.70. The Morgan fingerprint density at radius 3 is 1.97 bits per heavy atom. The zero-order chi connectivity index (χ0) is 24.8. The van der Waals surface area contributed by atoms with Gasteiger partial charge in [-0.3, -0.25) is 10.1 Å². The number of hydrogen-bond donors (Lipinski definition) is 1. The maximum absolute atomic E-state index is 11.5. The standard InChI is InChI=1S/C25H32N2O7/c1-25(2,3)34-24(28)26-14-15-31-16-17-32-18-19-33-23-12-8-21(9-13-23)5-4-20-6-10-22(11-7-20)27(29)30/h4-13H,14-19H2,1-3H3,(H,26,28)/b5-4+. The van der Waals surface area contributed by atoms with Crippen molar-refractivity contribution in [3.63, 3.8) is 0 Å². The Hall–Kier alpha value is -3.43. The van der Waals surface area contributed by atoms with Crippen molar-refractivity contribution >= 4 is 23.9 Å². The molecule has 1 N–H and O–H groups in total. The molecule has 0 heterocycles. The number of nitro benzene ring substituents is 1. The first-order valence-electron chi connectivity index (χ1n) is 11.0. The van der Waals surface area contributed by atoms with Crippen molar-refractivity contribution in [1.29, 1.82) is 0 Å². The Morgan fingerprint density at radius 1 is 0.882 bits per heavy atom. The molecule has 0 aliphatic rings. The molecule has 0 saturated heterocycles.